The monoisotopic (exact) mass is 510 g/mol. The lowest BCUT2D eigenvalue weighted by Crippen LogP contribution is -2.47. The van der Waals surface area contributed by atoms with E-state index < -0.39 is 0 Å². The van der Waals surface area contributed by atoms with Gasteiger partial charge >= 0.3 is 0 Å². The van der Waals surface area contributed by atoms with E-state index >= 15 is 0 Å². The predicted molar refractivity (Wildman–Crippen MR) is 149 cm³/mol. The molecule has 3 N–H and O–H groups in total. The molecule has 10 nitrogen and oxygen atoms in total. The van der Waals surface area contributed by atoms with Crippen LogP contribution >= 0.6 is 0 Å². The highest BCUT2D eigenvalue weighted by Gasteiger charge is 2.17. The van der Waals surface area contributed by atoms with Crippen molar-refractivity contribution in [1.29, 1.82) is 0 Å². The zero-order valence-electron chi connectivity index (χ0n) is 22.5. The molecule has 200 valence electrons. The van der Waals surface area contributed by atoms with Gasteiger partial charge in [0.1, 0.15) is 5.78 Å². The molecule has 0 spiro atoms. The quantitative estimate of drug-likeness (QED) is 0.114. The van der Waals surface area contributed by atoms with Gasteiger partial charge in [-0.2, -0.15) is 0 Å². The first-order valence-electron chi connectivity index (χ1n) is 13.2. The molecule has 8 radical (unpaired) electrons. The van der Waals surface area contributed by atoms with Crippen molar-refractivity contribution in [2.75, 3.05) is 52.4 Å². The van der Waals surface area contributed by atoms with Crippen LogP contribution in [-0.2, 0) is 19.2 Å². The molecule has 0 aliphatic heterocycles. The van der Waals surface area contributed by atoms with Crippen LogP contribution in [0.25, 0.3) is 0 Å². The Morgan fingerprint density at radius 1 is 0.541 bits per heavy atom. The fraction of sp³-hybridized carbons (Fsp3) is 0.826. The standard InChI is InChI=1S/C23H42B4N6O4/c1-20(34)11-5-2-6-12-28-21(35)17-31(18-22(36)29-13-7-3-9-15-32(24)25)19-23(37)30-14-8-4-10-16-33(26)27/h2-19H2,1H3,(H,28,35)(H,29,36)(H,30,37). The lowest BCUT2D eigenvalue weighted by atomic mass is 10.1. The van der Waals surface area contributed by atoms with Gasteiger partial charge in [-0.1, -0.05) is 19.3 Å². The fourth-order valence-corrected chi connectivity index (χ4v) is 3.50. The second-order valence-corrected chi connectivity index (χ2v) is 9.30. The summed E-state index contributed by atoms with van der Waals surface area (Å²) in [6.07, 6.45) is 7.86. The summed E-state index contributed by atoms with van der Waals surface area (Å²) in [6.45, 7) is 3.96. The number of Topliss-reactive ketones (excluding diaryl/α,β-unsaturated/α-hetero) is 1. The number of amides is 3. The molecule has 0 aromatic heterocycles. The summed E-state index contributed by atoms with van der Waals surface area (Å²) < 4.78 is 2.26. The van der Waals surface area contributed by atoms with Gasteiger partial charge in [0, 0.05) is 26.1 Å². The van der Waals surface area contributed by atoms with E-state index in [1.165, 1.54) is 4.90 Å². The predicted octanol–water partition coefficient (Wildman–Crippen LogP) is -0.935. The molecule has 0 aromatic carbocycles. The van der Waals surface area contributed by atoms with Crippen LogP contribution in [0.4, 0.5) is 0 Å². The third-order valence-electron chi connectivity index (χ3n) is 5.46. The summed E-state index contributed by atoms with van der Waals surface area (Å²) in [6, 6.07) is 0. The van der Waals surface area contributed by atoms with Crippen LogP contribution < -0.4 is 16.0 Å². The zero-order chi connectivity index (χ0) is 27.9. The minimum Gasteiger partial charge on any atom is -0.404 e. The van der Waals surface area contributed by atoms with Gasteiger partial charge in [-0.25, -0.2) is 0 Å². The second kappa shape index (κ2) is 23.3. The third kappa shape index (κ3) is 25.6. The SMILES string of the molecule is [B]N([B])CCCCCNC(=O)CN(CC(=O)NCCCCCC(C)=O)CC(=O)NCCCCCN([B])[B]. The first-order valence-corrected chi connectivity index (χ1v) is 13.2. The number of ketones is 1. The Kier molecular flexibility index (Phi) is 22.2. The molecule has 0 heterocycles. The van der Waals surface area contributed by atoms with Gasteiger partial charge in [0.2, 0.25) is 17.7 Å². The lowest BCUT2D eigenvalue weighted by Gasteiger charge is -2.21. The van der Waals surface area contributed by atoms with Crippen LogP contribution in [0.2, 0.25) is 0 Å². The van der Waals surface area contributed by atoms with Crippen molar-refractivity contribution in [3.63, 3.8) is 0 Å². The number of nitrogens with one attached hydrogen (secondary N) is 3. The summed E-state index contributed by atoms with van der Waals surface area (Å²) in [5, 5.41) is 8.47. The van der Waals surface area contributed by atoms with E-state index in [4.69, 9.17) is 31.9 Å². The summed E-state index contributed by atoms with van der Waals surface area (Å²) in [4.78, 5) is 49.8. The molecule has 0 unspecified atom stereocenters. The van der Waals surface area contributed by atoms with Crippen molar-refractivity contribution in [3.05, 3.63) is 0 Å². The highest BCUT2D eigenvalue weighted by molar-refractivity contribution is 6.25. The molecule has 0 fully saturated rings. The molecule has 0 aliphatic rings. The highest BCUT2D eigenvalue weighted by atomic mass is 16.2. The van der Waals surface area contributed by atoms with Crippen molar-refractivity contribution in [2.24, 2.45) is 0 Å². The van der Waals surface area contributed by atoms with Gasteiger partial charge in [0.25, 0.3) is 0 Å². The van der Waals surface area contributed by atoms with Crippen LogP contribution in [0, 0.1) is 0 Å². The Morgan fingerprint density at radius 3 is 1.22 bits per heavy atom. The molecule has 0 atom stereocenters. The Balaban J connectivity index is 4.48. The molecule has 14 heteroatoms. The Hall–Kier alpha value is -1.78. The van der Waals surface area contributed by atoms with Crippen molar-refractivity contribution in [1.82, 2.24) is 30.3 Å². The topological polar surface area (TPSA) is 114 Å². The molecule has 0 bridgehead atoms. The highest BCUT2D eigenvalue weighted by Crippen LogP contribution is 2.00. The number of nitrogens with zero attached hydrogens (tertiary/aromatic N) is 3. The summed E-state index contributed by atoms with van der Waals surface area (Å²) >= 11 is 0. The molecule has 37 heavy (non-hydrogen) atoms. The molecular formula is C23H42B4N6O4. The number of carbonyl (C=O) groups is 4. The van der Waals surface area contributed by atoms with E-state index in [1.807, 2.05) is 0 Å². The van der Waals surface area contributed by atoms with Crippen LogP contribution in [0.5, 0.6) is 0 Å². The summed E-state index contributed by atoms with van der Waals surface area (Å²) in [5.41, 5.74) is 0. The van der Waals surface area contributed by atoms with Crippen LogP contribution in [0.15, 0.2) is 0 Å². The average molecular weight is 510 g/mol. The number of rotatable bonds is 24. The first kappa shape index (κ1) is 35.2. The largest absolute Gasteiger partial charge is 0.404 e. The molecule has 0 aliphatic carbocycles. The summed E-state index contributed by atoms with van der Waals surface area (Å²) in [7, 11) is 21.4. The average Bonchev–Trinajstić information content (AvgIpc) is 2.80. The maximum atomic E-state index is 12.4. The number of hydrogen-bond donors (Lipinski definition) is 3. The van der Waals surface area contributed by atoms with Gasteiger partial charge in [0.15, 0.2) is 31.9 Å². The fourth-order valence-electron chi connectivity index (χ4n) is 3.50. The van der Waals surface area contributed by atoms with E-state index in [1.54, 1.807) is 6.92 Å². The maximum absolute atomic E-state index is 12.4. The van der Waals surface area contributed by atoms with Crippen molar-refractivity contribution < 1.29 is 19.2 Å². The number of unbranched alkanes of at least 4 members (excludes halogenated alkanes) is 6. The van der Waals surface area contributed by atoms with Gasteiger partial charge < -0.3 is 30.2 Å². The molecule has 0 rings (SSSR count). The smallest absolute Gasteiger partial charge is 0.234 e. The van der Waals surface area contributed by atoms with Crippen molar-refractivity contribution >= 4 is 55.4 Å². The Labute approximate surface area is 228 Å². The van der Waals surface area contributed by atoms with E-state index in [-0.39, 0.29) is 43.1 Å². The van der Waals surface area contributed by atoms with E-state index in [0.717, 1.165) is 67.2 Å². The maximum Gasteiger partial charge on any atom is 0.234 e. The minimum absolute atomic E-state index is 0.0678. The molecule has 0 saturated heterocycles. The van der Waals surface area contributed by atoms with Crippen LogP contribution in [0.1, 0.15) is 71.1 Å². The number of carbonyl (C=O) groups excluding carboxylic acids is 4. The Bertz CT molecular complexity index is 625. The van der Waals surface area contributed by atoms with Crippen LogP contribution in [0.3, 0.4) is 0 Å². The van der Waals surface area contributed by atoms with E-state index in [0.29, 0.717) is 39.1 Å². The zero-order valence-corrected chi connectivity index (χ0v) is 22.5. The lowest BCUT2D eigenvalue weighted by molar-refractivity contribution is -0.127. The molecule has 3 amide bonds. The van der Waals surface area contributed by atoms with E-state index in [9.17, 15) is 19.2 Å². The third-order valence-corrected chi connectivity index (χ3v) is 5.46. The second-order valence-electron chi connectivity index (χ2n) is 9.30. The minimum atomic E-state index is -0.256. The number of hydrogen-bond acceptors (Lipinski definition) is 7. The van der Waals surface area contributed by atoms with Gasteiger partial charge in [-0.15, -0.1) is 0 Å². The molecular weight excluding hydrogens is 468 g/mol. The van der Waals surface area contributed by atoms with E-state index in [2.05, 4.69) is 16.0 Å². The summed E-state index contributed by atoms with van der Waals surface area (Å²) in [5.74, 6) is -0.602. The van der Waals surface area contributed by atoms with Gasteiger partial charge in [-0.3, -0.25) is 19.3 Å². The van der Waals surface area contributed by atoms with Gasteiger partial charge in [-0.05, 0) is 58.5 Å². The normalized spacial score (nSPS) is 11.1. The van der Waals surface area contributed by atoms with Crippen molar-refractivity contribution in [2.45, 2.75) is 71.1 Å². The molecule has 0 aromatic rings. The molecule has 0 saturated carbocycles. The van der Waals surface area contributed by atoms with Gasteiger partial charge in [0.05, 0.1) is 19.6 Å². The van der Waals surface area contributed by atoms with Crippen molar-refractivity contribution in [3.8, 4) is 0 Å². The first-order chi connectivity index (χ1) is 17.6. The van der Waals surface area contributed by atoms with Crippen LogP contribution in [-0.4, -0.2) is 122 Å². The Morgan fingerprint density at radius 2 is 0.892 bits per heavy atom.